The Morgan fingerprint density at radius 3 is 2.82 bits per heavy atom. The molecule has 1 aromatic carbocycles. The molecule has 0 radical (unpaired) electrons. The van der Waals surface area contributed by atoms with E-state index >= 15 is 0 Å². The zero-order valence-electron chi connectivity index (χ0n) is 9.42. The average molecular weight is 228 g/mol. The van der Waals surface area contributed by atoms with Gasteiger partial charge in [0.1, 0.15) is 6.10 Å². The first kappa shape index (κ1) is 11.3. The summed E-state index contributed by atoms with van der Waals surface area (Å²) in [5.41, 5.74) is 1.04. The molecule has 2 atom stereocenters. The van der Waals surface area contributed by atoms with Gasteiger partial charge in [-0.05, 0) is 11.6 Å². The highest BCUT2D eigenvalue weighted by molar-refractivity contribution is 5.88. The minimum atomic E-state index is -0.530. The van der Waals surface area contributed by atoms with Gasteiger partial charge in [-0.15, -0.1) is 0 Å². The van der Waals surface area contributed by atoms with E-state index in [9.17, 15) is 4.79 Å². The van der Waals surface area contributed by atoms with Crippen LogP contribution in [-0.2, 0) is 14.3 Å². The maximum Gasteiger partial charge on any atom is 0.384 e. The lowest BCUT2D eigenvalue weighted by atomic mass is 9.97. The van der Waals surface area contributed by atoms with Gasteiger partial charge in [0.25, 0.3) is 0 Å². The third-order valence-corrected chi connectivity index (χ3v) is 2.49. The Balaban J connectivity index is 2.14. The van der Waals surface area contributed by atoms with Crippen LogP contribution < -0.4 is 0 Å². The van der Waals surface area contributed by atoms with Gasteiger partial charge in [-0.25, -0.2) is 4.79 Å². The quantitative estimate of drug-likeness (QED) is 0.419. The smallest absolute Gasteiger partial charge is 0.384 e. The molecule has 1 aliphatic rings. The minimum absolute atomic E-state index is 0.114. The number of esters is 1. The summed E-state index contributed by atoms with van der Waals surface area (Å²) in [5.74, 6) is 4.63. The monoisotopic (exact) mass is 228 g/mol. The second-order valence-corrected chi connectivity index (χ2v) is 3.58. The molecular weight excluding hydrogens is 216 g/mol. The lowest BCUT2D eigenvalue weighted by Crippen LogP contribution is -2.06. The van der Waals surface area contributed by atoms with E-state index in [1.165, 1.54) is 7.11 Å². The lowest BCUT2D eigenvalue weighted by Gasteiger charge is -2.14. The van der Waals surface area contributed by atoms with Gasteiger partial charge in [-0.3, -0.25) is 0 Å². The van der Waals surface area contributed by atoms with Gasteiger partial charge in [0.15, 0.2) is 0 Å². The van der Waals surface area contributed by atoms with E-state index in [2.05, 4.69) is 16.6 Å². The molecule has 3 nitrogen and oxygen atoms in total. The van der Waals surface area contributed by atoms with Crippen LogP contribution in [0.25, 0.3) is 0 Å². The Labute approximate surface area is 100 Å². The summed E-state index contributed by atoms with van der Waals surface area (Å²) < 4.78 is 9.96. The number of carbonyl (C=O) groups excluding carboxylic acids is 1. The first-order valence-corrected chi connectivity index (χ1v) is 5.28. The summed E-state index contributed by atoms with van der Waals surface area (Å²) in [7, 11) is 1.31. The van der Waals surface area contributed by atoms with Crippen LogP contribution in [0.3, 0.4) is 0 Å². The minimum Gasteiger partial charge on any atom is -0.492 e. The Hall–Kier alpha value is -2.21. The average Bonchev–Trinajstić information content (AvgIpc) is 2.85. The SMILES string of the molecule is COC(=O)C#C[C@H]1C=CO[C@H]1c1ccccc1. The first-order valence-electron chi connectivity index (χ1n) is 5.28. The molecule has 0 bridgehead atoms. The molecule has 0 spiro atoms. The highest BCUT2D eigenvalue weighted by Crippen LogP contribution is 2.31. The third kappa shape index (κ3) is 2.67. The molecule has 1 aliphatic heterocycles. The van der Waals surface area contributed by atoms with Crippen molar-refractivity contribution >= 4 is 5.97 Å². The van der Waals surface area contributed by atoms with Crippen LogP contribution in [0.2, 0.25) is 0 Å². The van der Waals surface area contributed by atoms with E-state index < -0.39 is 5.97 Å². The van der Waals surface area contributed by atoms with Crippen molar-refractivity contribution in [2.24, 2.45) is 5.92 Å². The molecule has 0 amide bonds. The zero-order valence-corrected chi connectivity index (χ0v) is 9.42. The van der Waals surface area contributed by atoms with Crippen molar-refractivity contribution < 1.29 is 14.3 Å². The summed E-state index contributed by atoms with van der Waals surface area (Å²) in [6.07, 6.45) is 3.32. The van der Waals surface area contributed by atoms with Crippen LogP contribution in [0.15, 0.2) is 42.7 Å². The fourth-order valence-electron chi connectivity index (χ4n) is 1.65. The van der Waals surface area contributed by atoms with E-state index in [1.54, 1.807) is 6.26 Å². The summed E-state index contributed by atoms with van der Waals surface area (Å²) in [6, 6.07) is 9.79. The number of hydrogen-bond acceptors (Lipinski definition) is 3. The van der Waals surface area contributed by atoms with Gasteiger partial charge < -0.3 is 9.47 Å². The van der Waals surface area contributed by atoms with Gasteiger partial charge in [-0.2, -0.15) is 0 Å². The number of carbonyl (C=O) groups is 1. The van der Waals surface area contributed by atoms with Gasteiger partial charge >= 0.3 is 5.97 Å². The van der Waals surface area contributed by atoms with Crippen LogP contribution in [0.1, 0.15) is 11.7 Å². The van der Waals surface area contributed by atoms with Crippen LogP contribution in [0, 0.1) is 17.8 Å². The second kappa shape index (κ2) is 5.22. The van der Waals surface area contributed by atoms with Gasteiger partial charge in [-0.1, -0.05) is 36.3 Å². The van der Waals surface area contributed by atoms with Crippen LogP contribution in [-0.4, -0.2) is 13.1 Å². The second-order valence-electron chi connectivity index (χ2n) is 3.58. The number of ether oxygens (including phenoxy) is 2. The highest BCUT2D eigenvalue weighted by Gasteiger charge is 2.24. The van der Waals surface area contributed by atoms with Crippen LogP contribution in [0.4, 0.5) is 0 Å². The number of rotatable bonds is 1. The molecule has 0 fully saturated rings. The summed E-state index contributed by atoms with van der Waals surface area (Å²) >= 11 is 0. The zero-order chi connectivity index (χ0) is 12.1. The van der Waals surface area contributed by atoms with Crippen molar-refractivity contribution in [3.63, 3.8) is 0 Å². The molecule has 2 rings (SSSR count). The predicted molar refractivity (Wildman–Crippen MR) is 62.7 cm³/mol. The summed E-state index contributed by atoms with van der Waals surface area (Å²) in [5, 5.41) is 0. The molecule has 3 heteroatoms. The van der Waals surface area contributed by atoms with Crippen molar-refractivity contribution in [1.82, 2.24) is 0 Å². The maximum atomic E-state index is 11.0. The Kier molecular flexibility index (Phi) is 3.46. The normalized spacial score (nSPS) is 21.2. The lowest BCUT2D eigenvalue weighted by molar-refractivity contribution is -0.133. The van der Waals surface area contributed by atoms with Gasteiger partial charge in [0.2, 0.25) is 0 Å². The number of hydrogen-bond donors (Lipinski definition) is 0. The molecule has 0 unspecified atom stereocenters. The maximum absolute atomic E-state index is 11.0. The Morgan fingerprint density at radius 1 is 1.35 bits per heavy atom. The number of benzene rings is 1. The summed E-state index contributed by atoms with van der Waals surface area (Å²) in [4.78, 5) is 11.0. The van der Waals surface area contributed by atoms with E-state index in [1.807, 2.05) is 36.4 Å². The van der Waals surface area contributed by atoms with E-state index in [4.69, 9.17) is 4.74 Å². The Bertz CT molecular complexity index is 479. The van der Waals surface area contributed by atoms with Crippen molar-refractivity contribution in [3.8, 4) is 11.8 Å². The molecule has 1 heterocycles. The third-order valence-electron chi connectivity index (χ3n) is 2.49. The highest BCUT2D eigenvalue weighted by atomic mass is 16.5. The van der Waals surface area contributed by atoms with Gasteiger partial charge in [0, 0.05) is 5.92 Å². The molecule has 0 N–H and O–H groups in total. The Morgan fingerprint density at radius 2 is 2.12 bits per heavy atom. The van der Waals surface area contributed by atoms with E-state index in [-0.39, 0.29) is 12.0 Å². The molecule has 0 saturated heterocycles. The van der Waals surface area contributed by atoms with Crippen molar-refractivity contribution in [1.29, 1.82) is 0 Å². The van der Waals surface area contributed by atoms with E-state index in [0.29, 0.717) is 0 Å². The van der Waals surface area contributed by atoms with Crippen molar-refractivity contribution in [3.05, 3.63) is 48.2 Å². The van der Waals surface area contributed by atoms with Crippen LogP contribution >= 0.6 is 0 Å². The number of methoxy groups -OCH3 is 1. The fourth-order valence-corrected chi connectivity index (χ4v) is 1.65. The molecule has 0 aliphatic carbocycles. The molecular formula is C14H12O3. The molecule has 0 saturated carbocycles. The standard InChI is InChI=1S/C14H12O3/c1-16-13(15)8-7-12-9-10-17-14(12)11-5-3-2-4-6-11/h2-6,9-10,12,14H,1H3/t12-,14-/m0/s1. The summed E-state index contributed by atoms with van der Waals surface area (Å²) in [6.45, 7) is 0. The van der Waals surface area contributed by atoms with Crippen molar-refractivity contribution in [2.45, 2.75) is 6.10 Å². The van der Waals surface area contributed by atoms with Gasteiger partial charge in [0.05, 0.1) is 19.3 Å². The predicted octanol–water partition coefficient (Wildman–Crippen LogP) is 2.06. The van der Waals surface area contributed by atoms with Crippen molar-refractivity contribution in [2.75, 3.05) is 7.11 Å². The van der Waals surface area contributed by atoms with Crippen LogP contribution in [0.5, 0.6) is 0 Å². The molecule has 17 heavy (non-hydrogen) atoms. The molecule has 1 aromatic rings. The first-order chi connectivity index (χ1) is 8.31. The van der Waals surface area contributed by atoms with E-state index in [0.717, 1.165) is 5.56 Å². The fraction of sp³-hybridized carbons (Fsp3) is 0.214. The largest absolute Gasteiger partial charge is 0.492 e. The topological polar surface area (TPSA) is 35.5 Å². The molecule has 0 aromatic heterocycles. The molecule has 86 valence electrons.